The van der Waals surface area contributed by atoms with Crippen LogP contribution in [0.2, 0.25) is 0 Å². The van der Waals surface area contributed by atoms with Crippen LogP contribution in [0.3, 0.4) is 0 Å². The van der Waals surface area contributed by atoms with Gasteiger partial charge in [0.15, 0.2) is 0 Å². The Balaban J connectivity index is 1.94. The van der Waals surface area contributed by atoms with Crippen molar-refractivity contribution in [2.24, 2.45) is 0 Å². The van der Waals surface area contributed by atoms with Gasteiger partial charge in [0.25, 0.3) is 5.91 Å². The number of thiocarbonyl (C=S) groups is 1. The van der Waals surface area contributed by atoms with E-state index in [1.807, 2.05) is 42.6 Å². The van der Waals surface area contributed by atoms with E-state index >= 15 is 0 Å². The van der Waals surface area contributed by atoms with Crippen LogP contribution in [0.4, 0.5) is 0 Å². The van der Waals surface area contributed by atoms with Crippen molar-refractivity contribution in [3.05, 3.63) is 48.2 Å². The number of nitrogens with one attached hydrogen (secondary N) is 1. The van der Waals surface area contributed by atoms with E-state index in [1.165, 1.54) is 11.8 Å². The third-order valence-electron chi connectivity index (χ3n) is 3.52. The number of nitrogens with zero attached hydrogens (tertiary/aromatic N) is 2. The van der Waals surface area contributed by atoms with E-state index in [9.17, 15) is 4.79 Å². The monoisotopic (exact) mass is 335 g/mol. The summed E-state index contributed by atoms with van der Waals surface area (Å²) in [5.74, 6) is 0.367. The van der Waals surface area contributed by atoms with E-state index in [0.29, 0.717) is 5.75 Å². The molecule has 6 heteroatoms. The first-order valence-corrected chi connectivity index (χ1v) is 8.78. The van der Waals surface area contributed by atoms with Crippen molar-refractivity contribution in [2.45, 2.75) is 19.9 Å². The molecule has 22 heavy (non-hydrogen) atoms. The predicted octanol–water partition coefficient (Wildman–Crippen LogP) is 2.95. The van der Waals surface area contributed by atoms with Gasteiger partial charge in [-0.25, -0.2) is 5.01 Å². The minimum Gasteiger partial charge on any atom is -0.358 e. The van der Waals surface area contributed by atoms with Crippen molar-refractivity contribution >= 4 is 34.2 Å². The van der Waals surface area contributed by atoms with Crippen molar-refractivity contribution in [2.75, 3.05) is 18.8 Å². The van der Waals surface area contributed by atoms with Gasteiger partial charge < -0.3 is 10.3 Å². The fraction of sp³-hybridized carbons (Fsp3) is 0.375. The quantitative estimate of drug-likeness (QED) is 0.837. The first-order chi connectivity index (χ1) is 10.7. The molecule has 1 atom stereocenters. The molecule has 1 N–H and O–H groups in total. The molecule has 0 fully saturated rings. The molecule has 1 aromatic rings. The molecular formula is C16H21N3OS2. The standard InChI is InChI=1S/C16H21N3OS2/c1-3-18(4-2)16(21)22-12-15(20)19-14(10-11-17-19)13-8-6-5-7-9-13/h5-11,14,17H,3-4,12H2,1-2H3/t14-/m0/s1. The van der Waals surface area contributed by atoms with Crippen LogP contribution in [0, 0.1) is 0 Å². The predicted molar refractivity (Wildman–Crippen MR) is 96.3 cm³/mol. The normalized spacial score (nSPS) is 16.5. The lowest BCUT2D eigenvalue weighted by Crippen LogP contribution is -2.40. The lowest BCUT2D eigenvalue weighted by molar-refractivity contribution is -0.131. The summed E-state index contributed by atoms with van der Waals surface area (Å²) in [6.45, 7) is 5.87. The van der Waals surface area contributed by atoms with Gasteiger partial charge in [0.2, 0.25) is 0 Å². The topological polar surface area (TPSA) is 35.6 Å². The number of thioether (sulfide) groups is 1. The molecule has 0 spiro atoms. The molecule has 0 aromatic heterocycles. The lowest BCUT2D eigenvalue weighted by atomic mass is 10.1. The van der Waals surface area contributed by atoms with Crippen LogP contribution in [-0.4, -0.2) is 39.0 Å². The van der Waals surface area contributed by atoms with Crippen molar-refractivity contribution in [1.29, 1.82) is 0 Å². The highest BCUT2D eigenvalue weighted by atomic mass is 32.2. The third kappa shape index (κ3) is 4.01. The Morgan fingerprint density at radius 2 is 2.00 bits per heavy atom. The second-order valence-corrected chi connectivity index (χ2v) is 6.44. The minimum absolute atomic E-state index is 0.0263. The Morgan fingerprint density at radius 1 is 1.32 bits per heavy atom. The Hall–Kier alpha value is -1.53. The Bertz CT molecular complexity index is 544. The third-order valence-corrected chi connectivity index (χ3v) is 5.03. The molecule has 0 bridgehead atoms. The van der Waals surface area contributed by atoms with E-state index in [2.05, 4.69) is 24.2 Å². The Labute approximate surface area is 141 Å². The van der Waals surface area contributed by atoms with E-state index in [1.54, 1.807) is 5.01 Å². The van der Waals surface area contributed by atoms with Crippen LogP contribution in [0.15, 0.2) is 42.6 Å². The second kappa shape index (κ2) is 8.19. The van der Waals surface area contributed by atoms with Crippen molar-refractivity contribution in [3.8, 4) is 0 Å². The molecular weight excluding hydrogens is 314 g/mol. The molecule has 0 saturated carbocycles. The minimum atomic E-state index is -0.0590. The molecule has 0 saturated heterocycles. The first kappa shape index (κ1) is 16.8. The largest absolute Gasteiger partial charge is 0.358 e. The van der Waals surface area contributed by atoms with Gasteiger partial charge in [0, 0.05) is 19.3 Å². The van der Waals surface area contributed by atoms with Crippen LogP contribution < -0.4 is 5.43 Å². The summed E-state index contributed by atoms with van der Waals surface area (Å²) in [6, 6.07) is 9.92. The van der Waals surface area contributed by atoms with E-state index in [0.717, 1.165) is 23.0 Å². The van der Waals surface area contributed by atoms with Crippen LogP contribution in [-0.2, 0) is 4.79 Å². The highest BCUT2D eigenvalue weighted by Crippen LogP contribution is 2.25. The zero-order chi connectivity index (χ0) is 15.9. The van der Waals surface area contributed by atoms with Crippen molar-refractivity contribution in [3.63, 3.8) is 0 Å². The molecule has 118 valence electrons. The highest BCUT2D eigenvalue weighted by molar-refractivity contribution is 8.23. The molecule has 0 radical (unpaired) electrons. The van der Waals surface area contributed by atoms with Crippen LogP contribution in [0.5, 0.6) is 0 Å². The van der Waals surface area contributed by atoms with Crippen molar-refractivity contribution in [1.82, 2.24) is 15.3 Å². The van der Waals surface area contributed by atoms with Gasteiger partial charge in [0.1, 0.15) is 4.32 Å². The summed E-state index contributed by atoms with van der Waals surface area (Å²) in [6.07, 6.45) is 3.80. The summed E-state index contributed by atoms with van der Waals surface area (Å²) >= 11 is 6.80. The summed E-state index contributed by atoms with van der Waals surface area (Å²) in [5.41, 5.74) is 4.11. The first-order valence-electron chi connectivity index (χ1n) is 7.38. The number of hydrogen-bond acceptors (Lipinski definition) is 4. The average Bonchev–Trinajstić information content (AvgIpc) is 3.04. The summed E-state index contributed by atoms with van der Waals surface area (Å²) in [5, 5.41) is 1.66. The number of hydrazine groups is 1. The number of hydrogen-bond donors (Lipinski definition) is 1. The van der Waals surface area contributed by atoms with E-state index in [-0.39, 0.29) is 11.9 Å². The van der Waals surface area contributed by atoms with Gasteiger partial charge in [-0.2, -0.15) is 0 Å². The van der Waals surface area contributed by atoms with Crippen LogP contribution >= 0.6 is 24.0 Å². The summed E-state index contributed by atoms with van der Waals surface area (Å²) in [4.78, 5) is 14.5. The molecule has 2 rings (SSSR count). The van der Waals surface area contributed by atoms with E-state index < -0.39 is 0 Å². The maximum atomic E-state index is 12.5. The smallest absolute Gasteiger partial charge is 0.252 e. The molecule has 1 aromatic carbocycles. The van der Waals surface area contributed by atoms with Gasteiger partial charge in [-0.15, -0.1) is 0 Å². The van der Waals surface area contributed by atoms with Gasteiger partial charge in [-0.3, -0.25) is 4.79 Å². The van der Waals surface area contributed by atoms with Gasteiger partial charge >= 0.3 is 0 Å². The van der Waals surface area contributed by atoms with Gasteiger partial charge in [-0.1, -0.05) is 54.3 Å². The van der Waals surface area contributed by atoms with Crippen molar-refractivity contribution < 1.29 is 4.79 Å². The maximum Gasteiger partial charge on any atom is 0.252 e. The zero-order valence-electron chi connectivity index (χ0n) is 12.9. The fourth-order valence-electron chi connectivity index (χ4n) is 2.28. The Kier molecular flexibility index (Phi) is 6.27. The summed E-state index contributed by atoms with van der Waals surface area (Å²) < 4.78 is 0.779. The average molecular weight is 335 g/mol. The number of benzene rings is 1. The molecule has 4 nitrogen and oxygen atoms in total. The van der Waals surface area contributed by atoms with Crippen LogP contribution in [0.25, 0.3) is 0 Å². The number of carbonyl (C=O) groups is 1. The molecule has 0 unspecified atom stereocenters. The SMILES string of the molecule is CCN(CC)C(=S)SCC(=O)N1NC=C[C@H]1c1ccccc1. The summed E-state index contributed by atoms with van der Waals surface area (Å²) in [7, 11) is 0. The number of amides is 1. The molecule has 1 aliphatic rings. The van der Waals surface area contributed by atoms with Gasteiger partial charge in [0.05, 0.1) is 11.8 Å². The second-order valence-electron chi connectivity index (χ2n) is 4.83. The lowest BCUT2D eigenvalue weighted by Gasteiger charge is -2.26. The molecule has 1 heterocycles. The molecule has 0 aliphatic carbocycles. The van der Waals surface area contributed by atoms with Gasteiger partial charge in [-0.05, 0) is 25.5 Å². The zero-order valence-corrected chi connectivity index (χ0v) is 14.5. The fourth-order valence-corrected chi connectivity index (χ4v) is 3.55. The highest BCUT2D eigenvalue weighted by Gasteiger charge is 2.26. The van der Waals surface area contributed by atoms with E-state index in [4.69, 9.17) is 12.2 Å². The Morgan fingerprint density at radius 3 is 2.64 bits per heavy atom. The number of rotatable bonds is 5. The maximum absolute atomic E-state index is 12.5. The van der Waals surface area contributed by atoms with Crippen LogP contribution in [0.1, 0.15) is 25.5 Å². The molecule has 1 aliphatic heterocycles. The number of carbonyl (C=O) groups excluding carboxylic acids is 1. The molecule has 1 amide bonds.